The maximum absolute atomic E-state index is 13.3. The molecule has 1 unspecified atom stereocenters. The molecule has 0 aliphatic heterocycles. The van der Waals surface area contributed by atoms with Crippen LogP contribution in [0.2, 0.25) is 0 Å². The Bertz CT molecular complexity index is 747. The minimum absolute atomic E-state index is 0.0936. The van der Waals surface area contributed by atoms with Crippen LogP contribution in [0.3, 0.4) is 0 Å². The second-order valence-corrected chi connectivity index (χ2v) is 6.20. The van der Waals surface area contributed by atoms with Crippen LogP contribution in [0.25, 0.3) is 10.1 Å². The zero-order valence-corrected chi connectivity index (χ0v) is 13.0. The van der Waals surface area contributed by atoms with Crippen molar-refractivity contribution in [2.45, 2.75) is 25.9 Å². The van der Waals surface area contributed by atoms with Gasteiger partial charge in [0.1, 0.15) is 5.82 Å². The monoisotopic (exact) mass is 303 g/mol. The van der Waals surface area contributed by atoms with E-state index >= 15 is 0 Å². The molecule has 0 aliphatic rings. The van der Waals surface area contributed by atoms with Crippen LogP contribution in [-0.2, 0) is 6.54 Å². The van der Waals surface area contributed by atoms with Gasteiger partial charge in [-0.15, -0.1) is 11.3 Å². The van der Waals surface area contributed by atoms with Gasteiger partial charge in [0.2, 0.25) is 0 Å². The Kier molecular flexibility index (Phi) is 4.03. The number of nitrogens with zero attached hydrogens (tertiary/aromatic N) is 2. The van der Waals surface area contributed by atoms with Crippen LogP contribution in [-0.4, -0.2) is 16.8 Å². The third-order valence-corrected chi connectivity index (χ3v) is 4.69. The van der Waals surface area contributed by atoms with Crippen LogP contribution in [0.1, 0.15) is 29.8 Å². The van der Waals surface area contributed by atoms with E-state index in [1.807, 2.05) is 24.0 Å². The van der Waals surface area contributed by atoms with Gasteiger partial charge >= 0.3 is 0 Å². The summed E-state index contributed by atoms with van der Waals surface area (Å²) in [6.45, 7) is 3.06. The molecule has 3 aromatic rings. The van der Waals surface area contributed by atoms with Crippen LogP contribution >= 0.6 is 11.3 Å². The van der Waals surface area contributed by atoms with E-state index in [2.05, 4.69) is 29.6 Å². The summed E-state index contributed by atoms with van der Waals surface area (Å²) in [4.78, 5) is 1.18. The lowest BCUT2D eigenvalue weighted by Crippen LogP contribution is -2.15. The number of fused-ring (bicyclic) bond motifs is 1. The summed E-state index contributed by atoms with van der Waals surface area (Å²) in [6, 6.07) is 7.09. The molecule has 1 atom stereocenters. The van der Waals surface area contributed by atoms with Gasteiger partial charge in [0.25, 0.3) is 0 Å². The largest absolute Gasteiger partial charge is 0.309 e. The first kappa shape index (κ1) is 14.2. The van der Waals surface area contributed by atoms with Gasteiger partial charge in [-0.3, -0.25) is 4.68 Å². The summed E-state index contributed by atoms with van der Waals surface area (Å²) >= 11 is 1.69. The second-order valence-electron chi connectivity index (χ2n) is 5.09. The van der Waals surface area contributed by atoms with E-state index in [0.29, 0.717) is 0 Å². The third-order valence-electron chi connectivity index (χ3n) is 3.51. The van der Waals surface area contributed by atoms with Crippen molar-refractivity contribution in [3.8, 4) is 0 Å². The minimum atomic E-state index is -0.191. The summed E-state index contributed by atoms with van der Waals surface area (Å²) in [6.07, 6.45) is 5.05. The molecule has 1 N–H and O–H groups in total. The molecule has 3 rings (SSSR count). The van der Waals surface area contributed by atoms with Gasteiger partial charge in [0.15, 0.2) is 0 Å². The van der Waals surface area contributed by atoms with Gasteiger partial charge in [-0.05, 0) is 43.1 Å². The van der Waals surface area contributed by atoms with Gasteiger partial charge in [-0.1, -0.05) is 6.92 Å². The molecule has 2 aromatic heterocycles. The summed E-state index contributed by atoms with van der Waals surface area (Å²) < 4.78 is 16.4. The van der Waals surface area contributed by atoms with E-state index in [0.717, 1.165) is 28.6 Å². The predicted molar refractivity (Wildman–Crippen MR) is 85.2 cm³/mol. The normalized spacial score (nSPS) is 12.9. The predicted octanol–water partition coefficient (Wildman–Crippen LogP) is 3.96. The van der Waals surface area contributed by atoms with Crippen LogP contribution in [0.4, 0.5) is 4.39 Å². The average molecular weight is 303 g/mol. The topological polar surface area (TPSA) is 29.9 Å². The van der Waals surface area contributed by atoms with Crippen LogP contribution in [0.5, 0.6) is 0 Å². The van der Waals surface area contributed by atoms with E-state index in [4.69, 9.17) is 0 Å². The van der Waals surface area contributed by atoms with Crippen molar-refractivity contribution < 1.29 is 4.39 Å². The Labute approximate surface area is 127 Å². The average Bonchev–Trinajstić information content (AvgIpc) is 3.07. The molecule has 0 amide bonds. The lowest BCUT2D eigenvalue weighted by atomic mass is 10.1. The molecule has 21 heavy (non-hydrogen) atoms. The number of hydrogen-bond acceptors (Lipinski definition) is 3. The number of benzene rings is 1. The van der Waals surface area contributed by atoms with E-state index < -0.39 is 0 Å². The highest BCUT2D eigenvalue weighted by Crippen LogP contribution is 2.33. The van der Waals surface area contributed by atoms with Gasteiger partial charge < -0.3 is 5.32 Å². The molecule has 0 fully saturated rings. The number of nitrogens with one attached hydrogen (secondary N) is 1. The standard InChI is InChI=1S/C16H18FN3S/c1-3-6-20-10-12(9-19-20)16(18-2)15-8-11-7-13(17)4-5-14(11)21-15/h4-5,7-10,16,18H,3,6H2,1-2H3. The van der Waals surface area contributed by atoms with E-state index in [1.54, 1.807) is 17.4 Å². The lowest BCUT2D eigenvalue weighted by molar-refractivity contribution is 0.600. The number of thiophene rings is 1. The molecule has 0 saturated carbocycles. The highest BCUT2D eigenvalue weighted by molar-refractivity contribution is 7.19. The third kappa shape index (κ3) is 2.84. The van der Waals surface area contributed by atoms with Crippen LogP contribution < -0.4 is 5.32 Å². The smallest absolute Gasteiger partial charge is 0.123 e. The minimum Gasteiger partial charge on any atom is -0.309 e. The quantitative estimate of drug-likeness (QED) is 0.773. The highest BCUT2D eigenvalue weighted by atomic mass is 32.1. The number of hydrogen-bond donors (Lipinski definition) is 1. The van der Waals surface area contributed by atoms with Crippen molar-refractivity contribution in [1.29, 1.82) is 0 Å². The van der Waals surface area contributed by atoms with Crippen molar-refractivity contribution in [2.75, 3.05) is 7.05 Å². The fraction of sp³-hybridized carbons (Fsp3) is 0.312. The number of rotatable bonds is 5. The molecular formula is C16H18FN3S. The summed E-state index contributed by atoms with van der Waals surface area (Å²) in [7, 11) is 1.94. The van der Waals surface area contributed by atoms with Crippen molar-refractivity contribution in [1.82, 2.24) is 15.1 Å². The molecular weight excluding hydrogens is 285 g/mol. The maximum atomic E-state index is 13.3. The molecule has 0 saturated heterocycles. The molecule has 1 aromatic carbocycles. The molecule has 0 spiro atoms. The van der Waals surface area contributed by atoms with E-state index in [-0.39, 0.29) is 11.9 Å². The zero-order chi connectivity index (χ0) is 14.8. The van der Waals surface area contributed by atoms with Crippen LogP contribution in [0.15, 0.2) is 36.7 Å². The van der Waals surface area contributed by atoms with Gasteiger partial charge in [-0.2, -0.15) is 5.10 Å². The number of aromatic nitrogens is 2. The molecule has 5 heteroatoms. The second kappa shape index (κ2) is 5.95. The van der Waals surface area contributed by atoms with Crippen molar-refractivity contribution in [3.63, 3.8) is 0 Å². The molecule has 0 radical (unpaired) electrons. The molecule has 2 heterocycles. The highest BCUT2D eigenvalue weighted by Gasteiger charge is 2.17. The Hall–Kier alpha value is -1.72. The van der Waals surface area contributed by atoms with Crippen molar-refractivity contribution in [2.24, 2.45) is 0 Å². The van der Waals surface area contributed by atoms with Crippen molar-refractivity contribution in [3.05, 3.63) is 52.9 Å². The first-order chi connectivity index (χ1) is 10.2. The summed E-state index contributed by atoms with van der Waals surface area (Å²) in [5.41, 5.74) is 1.14. The molecule has 110 valence electrons. The first-order valence-electron chi connectivity index (χ1n) is 7.10. The summed E-state index contributed by atoms with van der Waals surface area (Å²) in [5, 5.41) is 8.67. The first-order valence-corrected chi connectivity index (χ1v) is 7.91. The fourth-order valence-electron chi connectivity index (χ4n) is 2.53. The zero-order valence-electron chi connectivity index (χ0n) is 12.1. The van der Waals surface area contributed by atoms with E-state index in [9.17, 15) is 4.39 Å². The fourth-order valence-corrected chi connectivity index (χ4v) is 3.71. The Morgan fingerprint density at radius 1 is 1.38 bits per heavy atom. The van der Waals surface area contributed by atoms with Crippen LogP contribution in [0, 0.1) is 5.82 Å². The molecule has 0 aliphatic carbocycles. The van der Waals surface area contributed by atoms with Gasteiger partial charge in [-0.25, -0.2) is 4.39 Å². The van der Waals surface area contributed by atoms with E-state index in [1.165, 1.54) is 10.9 Å². The maximum Gasteiger partial charge on any atom is 0.123 e. The number of aryl methyl sites for hydroxylation is 1. The number of halogens is 1. The summed E-state index contributed by atoms with van der Waals surface area (Å²) in [5.74, 6) is -0.191. The van der Waals surface area contributed by atoms with Gasteiger partial charge in [0.05, 0.1) is 12.2 Å². The van der Waals surface area contributed by atoms with Gasteiger partial charge in [0, 0.05) is 27.9 Å². The Morgan fingerprint density at radius 3 is 3.00 bits per heavy atom. The van der Waals surface area contributed by atoms with Crippen molar-refractivity contribution >= 4 is 21.4 Å². The lowest BCUT2D eigenvalue weighted by Gasteiger charge is -2.11. The Balaban J connectivity index is 1.96. The molecule has 3 nitrogen and oxygen atoms in total. The SMILES string of the molecule is CCCn1cc(C(NC)c2cc3cc(F)ccc3s2)cn1. The Morgan fingerprint density at radius 2 is 2.24 bits per heavy atom. The molecule has 0 bridgehead atoms.